The lowest BCUT2D eigenvalue weighted by Crippen LogP contribution is -2.50. The number of piperazine rings is 1. The van der Waals surface area contributed by atoms with E-state index in [4.69, 9.17) is 0 Å². The summed E-state index contributed by atoms with van der Waals surface area (Å²) in [4.78, 5) is 30.0. The second kappa shape index (κ2) is 5.55. The van der Waals surface area contributed by atoms with E-state index in [0.29, 0.717) is 13.1 Å². The van der Waals surface area contributed by atoms with Crippen molar-refractivity contribution in [3.8, 4) is 0 Å². The quantitative estimate of drug-likeness (QED) is 0.896. The average Bonchev–Trinajstić information content (AvgIpc) is 2.85. The van der Waals surface area contributed by atoms with Gasteiger partial charge in [0.2, 0.25) is 11.8 Å². The highest BCUT2D eigenvalue weighted by Gasteiger charge is 2.22. The van der Waals surface area contributed by atoms with E-state index in [1.165, 1.54) is 0 Å². The predicted octanol–water partition coefficient (Wildman–Crippen LogP) is 0.557. The lowest BCUT2D eigenvalue weighted by Gasteiger charge is -2.27. The number of nitrogens with one attached hydrogen (secondary N) is 1. The normalized spacial score (nSPS) is 15.3. The Morgan fingerprint density at radius 2 is 2.19 bits per heavy atom. The molecule has 110 valence electrons. The summed E-state index contributed by atoms with van der Waals surface area (Å²) in [5.41, 5.74) is 1.86. The van der Waals surface area contributed by atoms with Gasteiger partial charge in [-0.1, -0.05) is 19.1 Å². The third kappa shape index (κ3) is 2.61. The van der Waals surface area contributed by atoms with Crippen molar-refractivity contribution >= 4 is 22.8 Å². The minimum absolute atomic E-state index is 0.0392. The molecular formula is C15H18N4O2. The first-order valence-corrected chi connectivity index (χ1v) is 7.17. The van der Waals surface area contributed by atoms with Gasteiger partial charge < -0.3 is 14.8 Å². The number of carbonyl (C=O) groups is 2. The third-order valence-electron chi connectivity index (χ3n) is 3.73. The Bertz CT molecular complexity index is 692. The Morgan fingerprint density at radius 3 is 2.95 bits per heavy atom. The largest absolute Gasteiger partial charge is 0.353 e. The molecule has 0 bridgehead atoms. The van der Waals surface area contributed by atoms with Gasteiger partial charge in [0.25, 0.3) is 0 Å². The fraction of sp³-hybridized carbons (Fsp3) is 0.400. The summed E-state index contributed by atoms with van der Waals surface area (Å²) >= 11 is 0. The summed E-state index contributed by atoms with van der Waals surface area (Å²) in [7, 11) is 0. The fourth-order valence-corrected chi connectivity index (χ4v) is 2.66. The van der Waals surface area contributed by atoms with Crippen molar-refractivity contribution in [3.05, 3.63) is 30.1 Å². The van der Waals surface area contributed by atoms with Crippen molar-refractivity contribution in [1.82, 2.24) is 19.8 Å². The van der Waals surface area contributed by atoms with Crippen LogP contribution in [0.1, 0.15) is 12.7 Å². The zero-order chi connectivity index (χ0) is 14.8. The molecule has 2 heterocycles. The number of imidazole rings is 1. The molecule has 6 heteroatoms. The van der Waals surface area contributed by atoms with E-state index in [0.717, 1.165) is 23.3 Å². The molecule has 21 heavy (non-hydrogen) atoms. The highest BCUT2D eigenvalue weighted by Crippen LogP contribution is 2.16. The molecule has 1 aromatic heterocycles. The average molecular weight is 286 g/mol. The number of hydrogen-bond acceptors (Lipinski definition) is 3. The monoisotopic (exact) mass is 286 g/mol. The molecule has 0 saturated carbocycles. The van der Waals surface area contributed by atoms with Crippen molar-refractivity contribution in [2.24, 2.45) is 0 Å². The summed E-state index contributed by atoms with van der Waals surface area (Å²) in [6.45, 7) is 3.50. The number of aryl methyl sites for hydroxylation is 1. The Hall–Kier alpha value is -2.37. The molecule has 2 amide bonds. The maximum Gasteiger partial charge on any atom is 0.243 e. The lowest BCUT2D eigenvalue weighted by atomic mass is 10.3. The number of fused-ring (bicyclic) bond motifs is 1. The van der Waals surface area contributed by atoms with Gasteiger partial charge in [0, 0.05) is 19.5 Å². The van der Waals surface area contributed by atoms with Crippen LogP contribution in [0.4, 0.5) is 0 Å². The van der Waals surface area contributed by atoms with Crippen LogP contribution in [0.25, 0.3) is 11.0 Å². The topological polar surface area (TPSA) is 67.2 Å². The van der Waals surface area contributed by atoms with Crippen molar-refractivity contribution in [1.29, 1.82) is 0 Å². The number of carbonyl (C=O) groups excluding carboxylic acids is 2. The van der Waals surface area contributed by atoms with Gasteiger partial charge in [-0.3, -0.25) is 9.59 Å². The number of rotatable bonds is 3. The molecule has 2 aromatic rings. The van der Waals surface area contributed by atoms with Crippen molar-refractivity contribution in [2.45, 2.75) is 19.9 Å². The Morgan fingerprint density at radius 1 is 1.38 bits per heavy atom. The van der Waals surface area contributed by atoms with Gasteiger partial charge >= 0.3 is 0 Å². The Kier molecular flexibility index (Phi) is 3.60. The molecule has 0 aliphatic carbocycles. The summed E-state index contributed by atoms with van der Waals surface area (Å²) in [5.74, 6) is 0.759. The number of aromatic nitrogens is 2. The fourth-order valence-electron chi connectivity index (χ4n) is 2.66. The highest BCUT2D eigenvalue weighted by molar-refractivity contribution is 5.87. The molecule has 0 radical (unpaired) electrons. The molecule has 1 aromatic carbocycles. The summed E-state index contributed by atoms with van der Waals surface area (Å²) in [6.07, 6.45) is 0.766. The molecule has 0 unspecified atom stereocenters. The third-order valence-corrected chi connectivity index (χ3v) is 3.73. The van der Waals surface area contributed by atoms with Gasteiger partial charge in [-0.2, -0.15) is 0 Å². The molecule has 1 aliphatic heterocycles. The van der Waals surface area contributed by atoms with E-state index in [1.807, 2.05) is 35.8 Å². The van der Waals surface area contributed by atoms with E-state index in [2.05, 4.69) is 10.3 Å². The van der Waals surface area contributed by atoms with Crippen LogP contribution in [0.3, 0.4) is 0 Å². The minimum Gasteiger partial charge on any atom is -0.353 e. The molecule has 0 spiro atoms. The molecule has 1 aliphatic rings. The smallest absolute Gasteiger partial charge is 0.243 e. The first-order chi connectivity index (χ1) is 10.2. The van der Waals surface area contributed by atoms with Crippen LogP contribution < -0.4 is 5.32 Å². The summed E-state index contributed by atoms with van der Waals surface area (Å²) < 4.78 is 1.95. The molecule has 0 atom stereocenters. The van der Waals surface area contributed by atoms with Crippen molar-refractivity contribution in [2.75, 3.05) is 19.6 Å². The van der Waals surface area contributed by atoms with Gasteiger partial charge in [0.1, 0.15) is 12.4 Å². The summed E-state index contributed by atoms with van der Waals surface area (Å²) in [6, 6.07) is 7.80. The van der Waals surface area contributed by atoms with Gasteiger partial charge in [-0.25, -0.2) is 4.98 Å². The van der Waals surface area contributed by atoms with E-state index in [9.17, 15) is 9.59 Å². The summed E-state index contributed by atoms with van der Waals surface area (Å²) in [5, 5.41) is 2.73. The molecule has 1 N–H and O–H groups in total. The number of hydrogen-bond donors (Lipinski definition) is 1. The van der Waals surface area contributed by atoms with Gasteiger partial charge in [0.15, 0.2) is 0 Å². The zero-order valence-electron chi connectivity index (χ0n) is 12.0. The maximum atomic E-state index is 12.4. The standard InChI is InChI=1S/C15H18N4O2/c1-2-13-17-11-5-3-4-6-12(11)19(13)10-15(21)18-8-7-16-14(20)9-18/h3-6H,2,7-10H2,1H3,(H,16,20). The maximum absolute atomic E-state index is 12.4. The first-order valence-electron chi connectivity index (χ1n) is 7.17. The number of amides is 2. The van der Waals surface area contributed by atoms with Crippen molar-refractivity contribution < 1.29 is 9.59 Å². The van der Waals surface area contributed by atoms with E-state index in [1.54, 1.807) is 4.90 Å². The molecule has 3 rings (SSSR count). The van der Waals surface area contributed by atoms with Crippen LogP contribution in [-0.2, 0) is 22.6 Å². The van der Waals surface area contributed by atoms with Crippen LogP contribution >= 0.6 is 0 Å². The van der Waals surface area contributed by atoms with E-state index < -0.39 is 0 Å². The van der Waals surface area contributed by atoms with Gasteiger partial charge in [0.05, 0.1) is 17.6 Å². The SMILES string of the molecule is CCc1nc2ccccc2n1CC(=O)N1CCNC(=O)C1. The number of para-hydroxylation sites is 2. The van der Waals surface area contributed by atoms with E-state index >= 15 is 0 Å². The van der Waals surface area contributed by atoms with Crippen LogP contribution in [0.15, 0.2) is 24.3 Å². The second-order valence-corrected chi connectivity index (χ2v) is 5.12. The number of benzene rings is 1. The highest BCUT2D eigenvalue weighted by atomic mass is 16.2. The van der Waals surface area contributed by atoms with Crippen LogP contribution in [-0.4, -0.2) is 45.9 Å². The van der Waals surface area contributed by atoms with Crippen LogP contribution in [0.5, 0.6) is 0 Å². The van der Waals surface area contributed by atoms with E-state index in [-0.39, 0.29) is 24.9 Å². The minimum atomic E-state index is -0.0965. The molecule has 1 fully saturated rings. The molecule has 6 nitrogen and oxygen atoms in total. The van der Waals surface area contributed by atoms with Crippen molar-refractivity contribution in [3.63, 3.8) is 0 Å². The predicted molar refractivity (Wildman–Crippen MR) is 78.7 cm³/mol. The lowest BCUT2D eigenvalue weighted by molar-refractivity contribution is -0.138. The van der Waals surface area contributed by atoms with Crippen LogP contribution in [0.2, 0.25) is 0 Å². The second-order valence-electron chi connectivity index (χ2n) is 5.12. The first kappa shape index (κ1) is 13.6. The Balaban J connectivity index is 1.87. The Labute approximate surface area is 122 Å². The van der Waals surface area contributed by atoms with Gasteiger partial charge in [-0.05, 0) is 12.1 Å². The van der Waals surface area contributed by atoms with Gasteiger partial charge in [-0.15, -0.1) is 0 Å². The zero-order valence-corrected chi connectivity index (χ0v) is 12.0. The molecule has 1 saturated heterocycles. The van der Waals surface area contributed by atoms with Crippen LogP contribution in [0, 0.1) is 0 Å². The molecular weight excluding hydrogens is 268 g/mol. The number of nitrogens with zero attached hydrogens (tertiary/aromatic N) is 3.